The Hall–Kier alpha value is -3.22. The minimum atomic E-state index is -0.384. The number of hydrogen-bond acceptors (Lipinski definition) is 5. The van der Waals surface area contributed by atoms with E-state index in [0.29, 0.717) is 40.8 Å². The zero-order chi connectivity index (χ0) is 18.0. The van der Waals surface area contributed by atoms with E-state index < -0.39 is 0 Å². The molecule has 0 saturated carbocycles. The average molecular weight is 338 g/mol. The second-order valence-electron chi connectivity index (χ2n) is 5.58. The first kappa shape index (κ1) is 16.6. The van der Waals surface area contributed by atoms with Crippen LogP contribution in [-0.4, -0.2) is 28.2 Å². The molecule has 1 aromatic heterocycles. The van der Waals surface area contributed by atoms with Gasteiger partial charge in [-0.3, -0.25) is 14.9 Å². The predicted octanol–water partition coefficient (Wildman–Crippen LogP) is 3.34. The molecule has 0 radical (unpaired) electrons. The molecule has 7 nitrogen and oxygen atoms in total. The highest BCUT2D eigenvalue weighted by molar-refractivity contribution is 5.94. The van der Waals surface area contributed by atoms with Gasteiger partial charge in [0.15, 0.2) is 0 Å². The van der Waals surface area contributed by atoms with Gasteiger partial charge < -0.3 is 4.90 Å². The van der Waals surface area contributed by atoms with E-state index in [1.54, 1.807) is 30.3 Å². The Labute approximate surface area is 144 Å². The molecule has 0 aliphatic rings. The minimum absolute atomic E-state index is 0.0262. The summed E-state index contributed by atoms with van der Waals surface area (Å²) in [6.45, 7) is 5.27. The Morgan fingerprint density at radius 2 is 1.80 bits per heavy atom. The lowest BCUT2D eigenvalue weighted by Crippen LogP contribution is -2.22. The summed E-state index contributed by atoms with van der Waals surface area (Å²) in [6.07, 6.45) is 0. The van der Waals surface area contributed by atoms with Gasteiger partial charge in [-0.1, -0.05) is 24.3 Å². The van der Waals surface area contributed by atoms with E-state index in [0.717, 1.165) is 0 Å². The smallest absolute Gasteiger partial charge is 0.293 e. The third-order valence-electron chi connectivity index (χ3n) is 4.25. The minimum Gasteiger partial charge on any atom is -0.367 e. The first-order valence-corrected chi connectivity index (χ1v) is 8.08. The summed E-state index contributed by atoms with van der Waals surface area (Å²) in [4.78, 5) is 25.0. The summed E-state index contributed by atoms with van der Waals surface area (Å²) in [6, 6.07) is 12.1. The number of nitrogens with zero attached hydrogens (tertiary/aromatic N) is 3. The van der Waals surface area contributed by atoms with Crippen LogP contribution in [0.25, 0.3) is 22.0 Å². The van der Waals surface area contributed by atoms with E-state index in [2.05, 4.69) is 10.2 Å². The van der Waals surface area contributed by atoms with Crippen molar-refractivity contribution in [3.8, 4) is 11.3 Å². The second-order valence-corrected chi connectivity index (χ2v) is 5.58. The molecule has 0 fully saturated rings. The van der Waals surface area contributed by atoms with Gasteiger partial charge in [0, 0.05) is 30.1 Å². The summed E-state index contributed by atoms with van der Waals surface area (Å²) in [5.74, 6) is 0. The molecule has 25 heavy (non-hydrogen) atoms. The van der Waals surface area contributed by atoms with Crippen molar-refractivity contribution < 1.29 is 4.92 Å². The Morgan fingerprint density at radius 3 is 2.44 bits per heavy atom. The number of aromatic nitrogens is 2. The maximum atomic E-state index is 11.9. The van der Waals surface area contributed by atoms with E-state index in [4.69, 9.17) is 0 Å². The quantitative estimate of drug-likeness (QED) is 0.569. The number of nitrogens with one attached hydrogen (secondary N) is 1. The maximum Gasteiger partial charge on any atom is 0.293 e. The number of aromatic amines is 1. The molecular formula is C18H18N4O3. The molecule has 0 unspecified atom stereocenters. The van der Waals surface area contributed by atoms with Gasteiger partial charge in [0.1, 0.15) is 5.69 Å². The SMILES string of the molecule is CCN(CC)c1ccc(-c2n[nH]c(=O)c3ccccc23)cc1[N+](=O)[O-]. The molecule has 0 bridgehead atoms. The number of hydrogen-bond donors (Lipinski definition) is 1. The summed E-state index contributed by atoms with van der Waals surface area (Å²) in [7, 11) is 0. The first-order chi connectivity index (χ1) is 12.1. The summed E-state index contributed by atoms with van der Waals surface area (Å²) in [5, 5.41) is 19.3. The topological polar surface area (TPSA) is 92.1 Å². The largest absolute Gasteiger partial charge is 0.367 e. The van der Waals surface area contributed by atoms with Crippen LogP contribution < -0.4 is 10.5 Å². The van der Waals surface area contributed by atoms with Crippen molar-refractivity contribution >= 4 is 22.1 Å². The third-order valence-corrected chi connectivity index (χ3v) is 4.25. The fraction of sp³-hybridized carbons (Fsp3) is 0.222. The molecule has 0 spiro atoms. The van der Waals surface area contributed by atoms with Crippen LogP contribution in [0, 0.1) is 10.1 Å². The van der Waals surface area contributed by atoms with Gasteiger partial charge >= 0.3 is 0 Å². The third kappa shape index (κ3) is 2.96. The highest BCUT2D eigenvalue weighted by Gasteiger charge is 2.20. The molecule has 0 saturated heterocycles. The van der Waals surface area contributed by atoms with Crippen LogP contribution in [0.1, 0.15) is 13.8 Å². The van der Waals surface area contributed by atoms with Crippen LogP contribution in [0.4, 0.5) is 11.4 Å². The van der Waals surface area contributed by atoms with Crippen molar-refractivity contribution in [3.63, 3.8) is 0 Å². The van der Waals surface area contributed by atoms with Gasteiger partial charge in [-0.15, -0.1) is 0 Å². The van der Waals surface area contributed by atoms with Crippen LogP contribution in [-0.2, 0) is 0 Å². The zero-order valence-electron chi connectivity index (χ0n) is 14.0. The fourth-order valence-corrected chi connectivity index (χ4v) is 2.98. The Kier molecular flexibility index (Phi) is 4.47. The molecule has 1 N–H and O–H groups in total. The van der Waals surface area contributed by atoms with E-state index in [-0.39, 0.29) is 16.2 Å². The normalized spacial score (nSPS) is 10.8. The Morgan fingerprint density at radius 1 is 1.12 bits per heavy atom. The van der Waals surface area contributed by atoms with Crippen molar-refractivity contribution in [1.82, 2.24) is 10.2 Å². The number of nitro groups is 1. The summed E-state index contributed by atoms with van der Waals surface area (Å²) in [5.41, 5.74) is 1.43. The van der Waals surface area contributed by atoms with Gasteiger partial charge in [-0.2, -0.15) is 5.10 Å². The summed E-state index contributed by atoms with van der Waals surface area (Å²) >= 11 is 0. The Balaban J connectivity index is 2.23. The van der Waals surface area contributed by atoms with Crippen molar-refractivity contribution in [2.24, 2.45) is 0 Å². The number of H-pyrrole nitrogens is 1. The molecule has 0 aliphatic heterocycles. The van der Waals surface area contributed by atoms with Gasteiger partial charge in [-0.25, -0.2) is 5.10 Å². The van der Waals surface area contributed by atoms with Gasteiger partial charge in [0.25, 0.3) is 11.2 Å². The van der Waals surface area contributed by atoms with E-state index in [9.17, 15) is 14.9 Å². The molecule has 0 aliphatic carbocycles. The molecule has 0 atom stereocenters. The lowest BCUT2D eigenvalue weighted by Gasteiger charge is -2.21. The maximum absolute atomic E-state index is 11.9. The van der Waals surface area contributed by atoms with Crippen molar-refractivity contribution in [2.45, 2.75) is 13.8 Å². The van der Waals surface area contributed by atoms with Crippen molar-refractivity contribution in [3.05, 3.63) is 62.9 Å². The van der Waals surface area contributed by atoms with E-state index in [1.165, 1.54) is 6.07 Å². The van der Waals surface area contributed by atoms with Crippen LogP contribution in [0.5, 0.6) is 0 Å². The lowest BCUT2D eigenvalue weighted by molar-refractivity contribution is -0.384. The summed E-state index contributed by atoms with van der Waals surface area (Å²) < 4.78 is 0. The van der Waals surface area contributed by atoms with Gasteiger partial charge in [0.2, 0.25) is 0 Å². The standard InChI is InChI=1S/C18H18N4O3/c1-3-21(4-2)15-10-9-12(11-16(15)22(24)25)17-13-7-5-6-8-14(13)18(23)20-19-17/h5-11H,3-4H2,1-2H3,(H,20,23). The fourth-order valence-electron chi connectivity index (χ4n) is 2.98. The number of fused-ring (bicyclic) bond motifs is 1. The molecule has 128 valence electrons. The second kappa shape index (κ2) is 6.72. The van der Waals surface area contributed by atoms with E-state index >= 15 is 0 Å². The first-order valence-electron chi connectivity index (χ1n) is 8.08. The molecule has 3 rings (SSSR count). The highest BCUT2D eigenvalue weighted by atomic mass is 16.6. The number of benzene rings is 2. The predicted molar refractivity (Wildman–Crippen MR) is 98.0 cm³/mol. The van der Waals surface area contributed by atoms with Crippen LogP contribution >= 0.6 is 0 Å². The average Bonchev–Trinajstić information content (AvgIpc) is 2.63. The van der Waals surface area contributed by atoms with Gasteiger partial charge in [-0.05, 0) is 26.0 Å². The number of rotatable bonds is 5. The van der Waals surface area contributed by atoms with Crippen LogP contribution in [0.3, 0.4) is 0 Å². The van der Waals surface area contributed by atoms with Crippen molar-refractivity contribution in [1.29, 1.82) is 0 Å². The zero-order valence-corrected chi connectivity index (χ0v) is 14.0. The molecule has 3 aromatic rings. The van der Waals surface area contributed by atoms with E-state index in [1.807, 2.05) is 24.8 Å². The number of anilines is 1. The van der Waals surface area contributed by atoms with Crippen molar-refractivity contribution in [2.75, 3.05) is 18.0 Å². The molecule has 7 heteroatoms. The molecule has 0 amide bonds. The number of nitro benzene ring substituents is 1. The molecule has 1 heterocycles. The van der Waals surface area contributed by atoms with Gasteiger partial charge in [0.05, 0.1) is 16.0 Å². The monoisotopic (exact) mass is 338 g/mol. The lowest BCUT2D eigenvalue weighted by atomic mass is 10.0. The highest BCUT2D eigenvalue weighted by Crippen LogP contribution is 2.34. The Bertz CT molecular complexity index is 993. The molecule has 2 aromatic carbocycles. The van der Waals surface area contributed by atoms with Crippen LogP contribution in [0.15, 0.2) is 47.3 Å². The molecular weight excluding hydrogens is 320 g/mol. The van der Waals surface area contributed by atoms with Crippen LogP contribution in [0.2, 0.25) is 0 Å².